The van der Waals surface area contributed by atoms with Crippen LogP contribution in [0.3, 0.4) is 0 Å². The van der Waals surface area contributed by atoms with Crippen molar-refractivity contribution in [2.24, 2.45) is 5.73 Å². The van der Waals surface area contributed by atoms with E-state index in [0.717, 1.165) is 18.2 Å². The van der Waals surface area contributed by atoms with Crippen molar-refractivity contribution >= 4 is 22.2 Å². The second-order valence-corrected chi connectivity index (χ2v) is 5.53. The number of rotatable bonds is 4. The van der Waals surface area contributed by atoms with Crippen molar-refractivity contribution in [1.82, 2.24) is 4.98 Å². The van der Waals surface area contributed by atoms with Gasteiger partial charge in [0.05, 0.1) is 7.11 Å². The number of methoxy groups -OCH3 is 1. The number of nitrogens with two attached hydrogens (primary N) is 1. The Morgan fingerprint density at radius 3 is 2.47 bits per heavy atom. The minimum atomic E-state index is -3.35. The lowest BCUT2D eigenvalue weighted by Crippen LogP contribution is -2.11. The summed E-state index contributed by atoms with van der Waals surface area (Å²) in [6, 6.07) is 2.94. The zero-order chi connectivity index (χ0) is 12.3. The molecule has 0 aliphatic heterocycles. The van der Waals surface area contributed by atoms with Crippen molar-refractivity contribution in [3.05, 3.63) is 17.7 Å². The molecule has 1 heterocycles. The average molecular weight is 281 g/mol. The molecular formula is C10H17ClN2O3S. The Morgan fingerprint density at radius 1 is 1.47 bits per heavy atom. The highest BCUT2D eigenvalue weighted by Gasteiger charge is 2.14. The maximum atomic E-state index is 11.4. The topological polar surface area (TPSA) is 82.3 Å². The Balaban J connectivity index is 0.00000256. The molecule has 0 radical (unpaired) electrons. The number of pyridine rings is 1. The van der Waals surface area contributed by atoms with Crippen LogP contribution in [0.4, 0.5) is 0 Å². The van der Waals surface area contributed by atoms with Crippen LogP contribution in [0.15, 0.2) is 17.2 Å². The summed E-state index contributed by atoms with van der Waals surface area (Å²) in [5, 5.41) is -0.00856. The average Bonchev–Trinajstić information content (AvgIpc) is 2.26. The van der Waals surface area contributed by atoms with Crippen LogP contribution in [0.1, 0.15) is 24.9 Å². The molecule has 1 aromatic heterocycles. The van der Waals surface area contributed by atoms with Crippen molar-refractivity contribution in [3.8, 4) is 5.88 Å². The summed E-state index contributed by atoms with van der Waals surface area (Å²) in [4.78, 5) is 3.87. The Kier molecular flexibility index (Phi) is 5.87. The minimum Gasteiger partial charge on any atom is -0.481 e. The quantitative estimate of drug-likeness (QED) is 0.899. The standard InChI is InChI=1S/C10H16N2O3S.ClH/c1-4-8(11)7-5-9(15-2)12-10(6-7)16(3,13)14;/h5-6,8H,4,11H2,1-3H3;1H/t8-;/m0./s1. The SMILES string of the molecule is CC[C@H](N)c1cc(OC)nc(S(C)(=O)=O)c1.Cl. The van der Waals surface area contributed by atoms with Gasteiger partial charge in [0, 0.05) is 18.4 Å². The predicted molar refractivity (Wildman–Crippen MR) is 68.4 cm³/mol. The summed E-state index contributed by atoms with van der Waals surface area (Å²) >= 11 is 0. The van der Waals surface area contributed by atoms with Crippen LogP contribution >= 0.6 is 12.4 Å². The van der Waals surface area contributed by atoms with Crippen LogP contribution in [0, 0.1) is 0 Å². The van der Waals surface area contributed by atoms with Gasteiger partial charge in [-0.2, -0.15) is 0 Å². The summed E-state index contributed by atoms with van der Waals surface area (Å²) in [7, 11) is -1.91. The number of aromatic nitrogens is 1. The van der Waals surface area contributed by atoms with Gasteiger partial charge in [-0.1, -0.05) is 6.92 Å². The molecule has 0 amide bonds. The lowest BCUT2D eigenvalue weighted by molar-refractivity contribution is 0.392. The molecule has 7 heteroatoms. The fourth-order valence-electron chi connectivity index (χ4n) is 1.24. The van der Waals surface area contributed by atoms with Crippen molar-refractivity contribution in [2.45, 2.75) is 24.4 Å². The first kappa shape index (κ1) is 16.1. The van der Waals surface area contributed by atoms with Gasteiger partial charge in [-0.05, 0) is 18.1 Å². The van der Waals surface area contributed by atoms with Crippen molar-refractivity contribution in [2.75, 3.05) is 13.4 Å². The van der Waals surface area contributed by atoms with E-state index in [1.165, 1.54) is 13.2 Å². The van der Waals surface area contributed by atoms with Gasteiger partial charge < -0.3 is 10.5 Å². The summed E-state index contributed by atoms with van der Waals surface area (Å²) in [6.45, 7) is 1.93. The third kappa shape index (κ3) is 4.14. The van der Waals surface area contributed by atoms with Gasteiger partial charge in [0.2, 0.25) is 5.88 Å². The maximum Gasteiger partial charge on any atom is 0.214 e. The van der Waals surface area contributed by atoms with Crippen LogP contribution in [0.2, 0.25) is 0 Å². The van der Waals surface area contributed by atoms with Gasteiger partial charge in [0.15, 0.2) is 14.9 Å². The minimum absolute atomic E-state index is 0. The number of sulfone groups is 1. The summed E-state index contributed by atoms with van der Waals surface area (Å²) in [6.07, 6.45) is 1.83. The predicted octanol–water partition coefficient (Wildman–Crippen LogP) is 1.33. The van der Waals surface area contributed by atoms with E-state index in [-0.39, 0.29) is 29.4 Å². The molecule has 1 aromatic rings. The van der Waals surface area contributed by atoms with Gasteiger partial charge >= 0.3 is 0 Å². The zero-order valence-electron chi connectivity index (χ0n) is 10.0. The highest BCUT2D eigenvalue weighted by molar-refractivity contribution is 7.90. The highest BCUT2D eigenvalue weighted by atomic mass is 35.5. The molecule has 5 nitrogen and oxygen atoms in total. The van der Waals surface area contributed by atoms with Crippen LogP contribution < -0.4 is 10.5 Å². The Hall–Kier alpha value is -0.850. The number of hydrogen-bond donors (Lipinski definition) is 1. The van der Waals surface area contributed by atoms with E-state index in [9.17, 15) is 8.42 Å². The van der Waals surface area contributed by atoms with Crippen LogP contribution in [-0.4, -0.2) is 26.8 Å². The zero-order valence-corrected chi connectivity index (χ0v) is 11.6. The summed E-state index contributed by atoms with van der Waals surface area (Å²) in [5.74, 6) is 0.266. The largest absolute Gasteiger partial charge is 0.481 e. The molecular weight excluding hydrogens is 264 g/mol. The molecule has 0 saturated carbocycles. The molecule has 0 aliphatic rings. The first-order chi connectivity index (χ1) is 7.38. The molecule has 0 aromatic carbocycles. The van der Waals surface area contributed by atoms with E-state index >= 15 is 0 Å². The molecule has 0 spiro atoms. The molecule has 0 aliphatic carbocycles. The second kappa shape index (κ2) is 6.18. The van der Waals surface area contributed by atoms with E-state index < -0.39 is 9.84 Å². The molecule has 17 heavy (non-hydrogen) atoms. The molecule has 98 valence electrons. The summed E-state index contributed by atoms with van der Waals surface area (Å²) in [5.41, 5.74) is 6.57. The fourth-order valence-corrected chi connectivity index (χ4v) is 1.85. The van der Waals surface area contributed by atoms with E-state index in [2.05, 4.69) is 4.98 Å². The fraction of sp³-hybridized carbons (Fsp3) is 0.500. The smallest absolute Gasteiger partial charge is 0.214 e. The van der Waals surface area contributed by atoms with Gasteiger partial charge in [-0.15, -0.1) is 12.4 Å². The monoisotopic (exact) mass is 280 g/mol. The molecule has 2 N–H and O–H groups in total. The molecule has 1 atom stereocenters. The maximum absolute atomic E-state index is 11.4. The number of halogens is 1. The molecule has 0 fully saturated rings. The highest BCUT2D eigenvalue weighted by Crippen LogP contribution is 2.21. The first-order valence-corrected chi connectivity index (χ1v) is 6.79. The van der Waals surface area contributed by atoms with Gasteiger partial charge in [-0.25, -0.2) is 13.4 Å². The van der Waals surface area contributed by atoms with Crippen molar-refractivity contribution < 1.29 is 13.2 Å². The van der Waals surface area contributed by atoms with Crippen LogP contribution in [0.25, 0.3) is 0 Å². The molecule has 0 unspecified atom stereocenters. The van der Waals surface area contributed by atoms with E-state index in [0.29, 0.717) is 0 Å². The normalized spacial score (nSPS) is 12.7. The van der Waals surface area contributed by atoms with Crippen LogP contribution in [-0.2, 0) is 9.84 Å². The number of nitrogens with zero attached hydrogens (tertiary/aromatic N) is 1. The lowest BCUT2D eigenvalue weighted by atomic mass is 10.1. The van der Waals surface area contributed by atoms with E-state index in [1.807, 2.05) is 6.92 Å². The molecule has 0 saturated heterocycles. The van der Waals surface area contributed by atoms with Gasteiger partial charge in [-0.3, -0.25) is 0 Å². The lowest BCUT2D eigenvalue weighted by Gasteiger charge is -2.11. The molecule has 1 rings (SSSR count). The summed E-state index contributed by atoms with van der Waals surface area (Å²) < 4.78 is 27.8. The Bertz CT molecular complexity index is 476. The number of hydrogen-bond acceptors (Lipinski definition) is 5. The third-order valence-electron chi connectivity index (χ3n) is 2.26. The van der Waals surface area contributed by atoms with Crippen molar-refractivity contribution in [1.29, 1.82) is 0 Å². The van der Waals surface area contributed by atoms with Crippen molar-refractivity contribution in [3.63, 3.8) is 0 Å². The van der Waals surface area contributed by atoms with E-state index in [4.69, 9.17) is 10.5 Å². The first-order valence-electron chi connectivity index (χ1n) is 4.90. The van der Waals surface area contributed by atoms with E-state index in [1.54, 1.807) is 6.07 Å². The Labute approximate surface area is 108 Å². The third-order valence-corrected chi connectivity index (χ3v) is 3.23. The number of ether oxygens (including phenoxy) is 1. The molecule has 0 bridgehead atoms. The van der Waals surface area contributed by atoms with Crippen LogP contribution in [0.5, 0.6) is 5.88 Å². The van der Waals surface area contributed by atoms with Gasteiger partial charge in [0.25, 0.3) is 0 Å². The van der Waals surface area contributed by atoms with Gasteiger partial charge in [0.1, 0.15) is 0 Å². The Morgan fingerprint density at radius 2 is 2.06 bits per heavy atom. The second-order valence-electron chi connectivity index (χ2n) is 3.57.